The largest absolute Gasteiger partial charge is 0.350 e. The second kappa shape index (κ2) is 12.9. The molecule has 6 nitrogen and oxygen atoms in total. The van der Waals surface area contributed by atoms with E-state index < -0.39 is 6.04 Å². The van der Waals surface area contributed by atoms with Gasteiger partial charge in [0.1, 0.15) is 6.04 Å². The SMILES string of the molecule is CC(C)C[C@H](C(=O)NCc1cccc(Cl)c1)N1CCC(CCc2ccccc2)N2C[C@H](N)C[C@H]2CC1=O. The maximum absolute atomic E-state index is 13.6. The number of amides is 2. The summed E-state index contributed by atoms with van der Waals surface area (Å²) in [4.78, 5) is 31.4. The summed E-state index contributed by atoms with van der Waals surface area (Å²) in [6, 6.07) is 18.2. The van der Waals surface area contributed by atoms with Crippen LogP contribution in [0.2, 0.25) is 5.02 Å². The molecule has 0 aliphatic carbocycles. The lowest BCUT2D eigenvalue weighted by Gasteiger charge is -2.40. The number of fused-ring (bicyclic) bond motifs is 1. The summed E-state index contributed by atoms with van der Waals surface area (Å²) in [5, 5.41) is 3.72. The van der Waals surface area contributed by atoms with Crippen LogP contribution in [0, 0.1) is 5.92 Å². The summed E-state index contributed by atoms with van der Waals surface area (Å²) in [5.74, 6) is 0.253. The third-order valence-electron chi connectivity index (χ3n) is 7.73. The summed E-state index contributed by atoms with van der Waals surface area (Å²) >= 11 is 6.12. The zero-order chi connectivity index (χ0) is 26.4. The molecule has 2 aliphatic rings. The Bertz CT molecular complexity index is 1050. The van der Waals surface area contributed by atoms with Crippen LogP contribution < -0.4 is 11.1 Å². The number of carbonyl (C=O) groups is 2. The molecule has 0 bridgehead atoms. The number of hydrogen-bond donors (Lipinski definition) is 2. The summed E-state index contributed by atoms with van der Waals surface area (Å²) < 4.78 is 0. The second-order valence-electron chi connectivity index (χ2n) is 11.1. The molecule has 4 atom stereocenters. The maximum Gasteiger partial charge on any atom is 0.243 e. The predicted octanol–water partition coefficient (Wildman–Crippen LogP) is 4.40. The van der Waals surface area contributed by atoms with E-state index in [0.29, 0.717) is 37.0 Å². The molecule has 0 spiro atoms. The highest BCUT2D eigenvalue weighted by molar-refractivity contribution is 6.30. The Hall–Kier alpha value is -2.41. The van der Waals surface area contributed by atoms with Crippen molar-refractivity contribution in [3.05, 3.63) is 70.7 Å². The number of rotatable bonds is 9. The van der Waals surface area contributed by atoms with Crippen molar-refractivity contribution in [2.24, 2.45) is 11.7 Å². The highest BCUT2D eigenvalue weighted by Crippen LogP contribution is 2.30. The van der Waals surface area contributed by atoms with Crippen LogP contribution in [0.5, 0.6) is 0 Å². The Labute approximate surface area is 226 Å². The monoisotopic (exact) mass is 524 g/mol. The normalized spacial score (nSPS) is 23.4. The van der Waals surface area contributed by atoms with E-state index in [1.54, 1.807) is 0 Å². The Morgan fingerprint density at radius 2 is 1.89 bits per heavy atom. The number of aryl methyl sites for hydroxylation is 1. The molecule has 1 unspecified atom stereocenters. The number of nitrogens with one attached hydrogen (secondary N) is 1. The molecule has 0 radical (unpaired) electrons. The van der Waals surface area contributed by atoms with Crippen LogP contribution in [0.3, 0.4) is 0 Å². The van der Waals surface area contributed by atoms with Crippen molar-refractivity contribution >= 4 is 23.4 Å². The van der Waals surface area contributed by atoms with E-state index in [4.69, 9.17) is 17.3 Å². The first kappa shape index (κ1) is 27.6. The lowest BCUT2D eigenvalue weighted by molar-refractivity contribution is -0.143. The van der Waals surface area contributed by atoms with Gasteiger partial charge in [0.15, 0.2) is 0 Å². The minimum atomic E-state index is -0.483. The molecule has 7 heteroatoms. The molecule has 2 aromatic rings. The molecule has 4 rings (SSSR count). The van der Waals surface area contributed by atoms with Crippen LogP contribution in [0.15, 0.2) is 54.6 Å². The van der Waals surface area contributed by atoms with Gasteiger partial charge in [0.2, 0.25) is 11.8 Å². The summed E-state index contributed by atoms with van der Waals surface area (Å²) in [6.07, 6.45) is 4.75. The quantitative estimate of drug-likeness (QED) is 0.509. The molecular weight excluding hydrogens is 484 g/mol. The van der Waals surface area contributed by atoms with E-state index >= 15 is 0 Å². The van der Waals surface area contributed by atoms with Gasteiger partial charge in [-0.3, -0.25) is 14.5 Å². The molecule has 0 aromatic heterocycles. The average Bonchev–Trinajstić information content (AvgIpc) is 3.22. The van der Waals surface area contributed by atoms with E-state index in [1.807, 2.05) is 35.2 Å². The Morgan fingerprint density at radius 1 is 1.14 bits per heavy atom. The number of carbonyl (C=O) groups excluding carboxylic acids is 2. The fourth-order valence-corrected chi connectivity index (χ4v) is 6.13. The Morgan fingerprint density at radius 3 is 2.62 bits per heavy atom. The topological polar surface area (TPSA) is 78.7 Å². The van der Waals surface area contributed by atoms with E-state index in [-0.39, 0.29) is 29.8 Å². The lowest BCUT2D eigenvalue weighted by Crippen LogP contribution is -2.55. The third-order valence-corrected chi connectivity index (χ3v) is 7.97. The highest BCUT2D eigenvalue weighted by Gasteiger charge is 2.41. The third kappa shape index (κ3) is 7.56. The fourth-order valence-electron chi connectivity index (χ4n) is 5.92. The summed E-state index contributed by atoms with van der Waals surface area (Å²) in [7, 11) is 0. The minimum Gasteiger partial charge on any atom is -0.350 e. The molecule has 3 N–H and O–H groups in total. The average molecular weight is 525 g/mol. The zero-order valence-corrected chi connectivity index (χ0v) is 22.9. The van der Waals surface area contributed by atoms with Crippen LogP contribution in [0.25, 0.3) is 0 Å². The molecule has 200 valence electrons. The van der Waals surface area contributed by atoms with E-state index in [9.17, 15) is 9.59 Å². The number of hydrogen-bond acceptors (Lipinski definition) is 4. The van der Waals surface area contributed by atoms with E-state index in [2.05, 4.69) is 48.3 Å². The number of nitrogens with two attached hydrogens (primary N) is 1. The van der Waals surface area contributed by atoms with E-state index in [1.165, 1.54) is 5.56 Å². The van der Waals surface area contributed by atoms with Gasteiger partial charge in [-0.25, -0.2) is 0 Å². The highest BCUT2D eigenvalue weighted by atomic mass is 35.5. The van der Waals surface area contributed by atoms with Gasteiger partial charge in [0, 0.05) is 49.2 Å². The summed E-state index contributed by atoms with van der Waals surface area (Å²) in [5.41, 5.74) is 8.66. The molecule has 2 aliphatic heterocycles. The van der Waals surface area contributed by atoms with Crippen LogP contribution in [-0.2, 0) is 22.6 Å². The van der Waals surface area contributed by atoms with Gasteiger partial charge < -0.3 is 16.0 Å². The molecular formula is C30H41ClN4O2. The Kier molecular flexibility index (Phi) is 9.63. The van der Waals surface area contributed by atoms with Gasteiger partial charge in [-0.1, -0.05) is 67.9 Å². The van der Waals surface area contributed by atoms with Gasteiger partial charge in [-0.2, -0.15) is 0 Å². The van der Waals surface area contributed by atoms with Gasteiger partial charge in [-0.05, 0) is 61.3 Å². The maximum atomic E-state index is 13.6. The number of halogens is 1. The standard InChI is InChI=1S/C30H41ClN4O2/c1-21(2)15-28(30(37)33-19-23-9-6-10-24(31)16-23)34-14-13-26(12-11-22-7-4-3-5-8-22)35-20-25(32)17-27(35)18-29(34)36/h3-10,16,21,25-28H,11-15,17-20,32H2,1-2H3,(H,33,37)/t25-,26?,27+,28-/m1/s1. The van der Waals surface area contributed by atoms with Gasteiger partial charge >= 0.3 is 0 Å². The summed E-state index contributed by atoms with van der Waals surface area (Å²) in [6.45, 7) is 6.02. The predicted molar refractivity (Wildman–Crippen MR) is 149 cm³/mol. The number of nitrogens with zero attached hydrogens (tertiary/aromatic N) is 2. The van der Waals surface area contributed by atoms with Crippen LogP contribution in [0.4, 0.5) is 0 Å². The fraction of sp³-hybridized carbons (Fsp3) is 0.533. The van der Waals surface area contributed by atoms with Crippen molar-refractivity contribution < 1.29 is 9.59 Å². The molecule has 2 fully saturated rings. The molecule has 2 aromatic carbocycles. The first-order chi connectivity index (χ1) is 17.8. The number of benzene rings is 2. The lowest BCUT2D eigenvalue weighted by atomic mass is 9.95. The van der Waals surface area contributed by atoms with Gasteiger partial charge in [0.25, 0.3) is 0 Å². The van der Waals surface area contributed by atoms with E-state index in [0.717, 1.165) is 37.8 Å². The zero-order valence-electron chi connectivity index (χ0n) is 22.1. The van der Waals surface area contributed by atoms with Crippen molar-refractivity contribution in [2.75, 3.05) is 13.1 Å². The smallest absolute Gasteiger partial charge is 0.243 e. The second-order valence-corrected chi connectivity index (χ2v) is 11.5. The molecule has 2 amide bonds. The first-order valence-corrected chi connectivity index (χ1v) is 14.0. The van der Waals surface area contributed by atoms with Gasteiger partial charge in [0.05, 0.1) is 0 Å². The molecule has 37 heavy (non-hydrogen) atoms. The van der Waals surface area contributed by atoms with Crippen molar-refractivity contribution in [3.8, 4) is 0 Å². The minimum absolute atomic E-state index is 0.0640. The van der Waals surface area contributed by atoms with Crippen molar-refractivity contribution in [2.45, 2.75) is 83.1 Å². The van der Waals surface area contributed by atoms with Crippen molar-refractivity contribution in [3.63, 3.8) is 0 Å². The van der Waals surface area contributed by atoms with Crippen molar-refractivity contribution in [1.29, 1.82) is 0 Å². The van der Waals surface area contributed by atoms with Crippen LogP contribution in [0.1, 0.15) is 57.1 Å². The van der Waals surface area contributed by atoms with Crippen LogP contribution >= 0.6 is 11.6 Å². The Balaban J connectivity index is 1.49. The first-order valence-electron chi connectivity index (χ1n) is 13.7. The molecule has 2 saturated heterocycles. The van der Waals surface area contributed by atoms with Crippen LogP contribution in [-0.4, -0.2) is 58.9 Å². The molecule has 2 heterocycles. The van der Waals surface area contributed by atoms with Crippen molar-refractivity contribution in [1.82, 2.24) is 15.1 Å². The van der Waals surface area contributed by atoms with Gasteiger partial charge in [-0.15, -0.1) is 0 Å². The molecule has 0 saturated carbocycles.